The van der Waals surface area contributed by atoms with Crippen molar-refractivity contribution in [3.05, 3.63) is 30.3 Å². The molecule has 0 aliphatic carbocycles. The van der Waals surface area contributed by atoms with Gasteiger partial charge < -0.3 is 14.4 Å². The van der Waals surface area contributed by atoms with Gasteiger partial charge in [-0.1, -0.05) is 18.2 Å². The molecule has 2 fully saturated rings. The molecule has 0 radical (unpaired) electrons. The van der Waals surface area contributed by atoms with Gasteiger partial charge in [0.25, 0.3) is 0 Å². The fraction of sp³-hybridized carbons (Fsp3) is 0.579. The lowest BCUT2D eigenvalue weighted by Gasteiger charge is -2.34. The average molecular weight is 346 g/mol. The van der Waals surface area contributed by atoms with Crippen LogP contribution in [-0.4, -0.2) is 54.8 Å². The fourth-order valence-corrected chi connectivity index (χ4v) is 3.85. The quantitative estimate of drug-likeness (QED) is 0.771. The van der Waals surface area contributed by atoms with Crippen molar-refractivity contribution in [2.45, 2.75) is 44.9 Å². The van der Waals surface area contributed by atoms with Crippen molar-refractivity contribution < 1.29 is 19.1 Å². The first-order chi connectivity index (χ1) is 11.8. The first-order valence-electron chi connectivity index (χ1n) is 8.69. The number of likely N-dealkylation sites (tertiary alicyclic amines) is 1. The van der Waals surface area contributed by atoms with E-state index in [-0.39, 0.29) is 17.9 Å². The molecular weight excluding hydrogens is 320 g/mol. The molecule has 0 unspecified atom stereocenters. The number of ether oxygens (including phenoxy) is 2. The number of hydrogen-bond acceptors (Lipinski definition) is 5. The minimum atomic E-state index is -0.604. The molecule has 6 nitrogen and oxygen atoms in total. The Kier molecular flexibility index (Phi) is 4.62. The Labute approximate surface area is 148 Å². The van der Waals surface area contributed by atoms with E-state index in [1.165, 1.54) is 7.11 Å². The van der Waals surface area contributed by atoms with E-state index in [2.05, 4.69) is 17.0 Å². The minimum Gasteiger partial charge on any atom is -0.467 e. The van der Waals surface area contributed by atoms with Crippen LogP contribution in [0.2, 0.25) is 0 Å². The summed E-state index contributed by atoms with van der Waals surface area (Å²) < 4.78 is 10.5. The van der Waals surface area contributed by atoms with Gasteiger partial charge in [-0.25, -0.2) is 9.59 Å². The number of benzene rings is 1. The summed E-state index contributed by atoms with van der Waals surface area (Å²) in [5.74, 6) is -0.327. The van der Waals surface area contributed by atoms with Gasteiger partial charge in [-0.3, -0.25) is 4.90 Å². The predicted molar refractivity (Wildman–Crippen MR) is 94.4 cm³/mol. The molecule has 0 N–H and O–H groups in total. The molecule has 3 atom stereocenters. The number of carbonyl (C=O) groups excluding carboxylic acids is 2. The summed E-state index contributed by atoms with van der Waals surface area (Å²) in [5.41, 5.74) is 0.500. The van der Waals surface area contributed by atoms with E-state index in [1.807, 2.05) is 39.0 Å². The highest BCUT2D eigenvalue weighted by Crippen LogP contribution is 2.38. The molecule has 2 aliphatic rings. The number of anilines is 1. The van der Waals surface area contributed by atoms with E-state index in [4.69, 9.17) is 9.47 Å². The van der Waals surface area contributed by atoms with Gasteiger partial charge in [0.2, 0.25) is 0 Å². The summed E-state index contributed by atoms with van der Waals surface area (Å²) in [7, 11) is 1.37. The number of esters is 1. The Hall–Kier alpha value is -2.24. The molecule has 1 amide bonds. The number of nitrogens with zero attached hydrogens (tertiary/aromatic N) is 2. The molecule has 2 bridgehead atoms. The smallest absolute Gasteiger partial charge is 0.411 e. The number of hydrogen-bond donors (Lipinski definition) is 0. The van der Waals surface area contributed by atoms with Crippen molar-refractivity contribution in [3.8, 4) is 0 Å². The van der Waals surface area contributed by atoms with Crippen LogP contribution in [0.3, 0.4) is 0 Å². The van der Waals surface area contributed by atoms with Crippen LogP contribution in [0.4, 0.5) is 10.5 Å². The molecule has 2 heterocycles. The van der Waals surface area contributed by atoms with Gasteiger partial charge >= 0.3 is 12.1 Å². The van der Waals surface area contributed by atoms with E-state index >= 15 is 0 Å². The van der Waals surface area contributed by atoms with Crippen molar-refractivity contribution in [1.29, 1.82) is 0 Å². The third-order valence-corrected chi connectivity index (χ3v) is 4.77. The van der Waals surface area contributed by atoms with Crippen LogP contribution in [0.5, 0.6) is 0 Å². The van der Waals surface area contributed by atoms with Crippen molar-refractivity contribution in [3.63, 3.8) is 0 Å². The maximum absolute atomic E-state index is 12.8. The van der Waals surface area contributed by atoms with Gasteiger partial charge in [-0.2, -0.15) is 0 Å². The molecule has 3 rings (SSSR count). The fourth-order valence-electron chi connectivity index (χ4n) is 3.85. The van der Waals surface area contributed by atoms with Gasteiger partial charge in [-0.05, 0) is 39.3 Å². The van der Waals surface area contributed by atoms with E-state index < -0.39 is 17.7 Å². The standard InChI is InChI=1S/C19H26N2O4/c1-19(2,3)25-18(23)21-15-10-13(16(21)17(22)24-4)11-20(12-15)14-8-6-5-7-9-14/h5-9,13,15-16H,10-12H2,1-4H3/t13-,15+,16+/m0/s1. The van der Waals surface area contributed by atoms with Crippen molar-refractivity contribution in [2.75, 3.05) is 25.1 Å². The predicted octanol–water partition coefficient (Wildman–Crippen LogP) is 2.67. The molecule has 0 spiro atoms. The molecule has 6 heteroatoms. The zero-order valence-electron chi connectivity index (χ0n) is 15.3. The van der Waals surface area contributed by atoms with Gasteiger partial charge in [-0.15, -0.1) is 0 Å². The summed E-state index contributed by atoms with van der Waals surface area (Å²) in [6.45, 7) is 6.90. The molecule has 1 aromatic rings. The van der Waals surface area contributed by atoms with Gasteiger partial charge in [0, 0.05) is 24.7 Å². The maximum atomic E-state index is 12.8. The second-order valence-electron chi connectivity index (χ2n) is 7.75. The normalized spacial score (nSPS) is 25.7. The number of rotatable bonds is 2. The first-order valence-corrected chi connectivity index (χ1v) is 8.69. The molecule has 1 aromatic carbocycles. The van der Waals surface area contributed by atoms with E-state index in [9.17, 15) is 9.59 Å². The number of piperidine rings is 1. The lowest BCUT2D eigenvalue weighted by molar-refractivity contribution is -0.147. The molecule has 136 valence electrons. The maximum Gasteiger partial charge on any atom is 0.411 e. The molecule has 25 heavy (non-hydrogen) atoms. The highest BCUT2D eigenvalue weighted by molar-refractivity contribution is 5.83. The highest BCUT2D eigenvalue weighted by atomic mass is 16.6. The molecular formula is C19H26N2O4. The van der Waals surface area contributed by atoms with Crippen molar-refractivity contribution >= 4 is 17.7 Å². The highest BCUT2D eigenvalue weighted by Gasteiger charge is 2.53. The third-order valence-electron chi connectivity index (χ3n) is 4.77. The summed E-state index contributed by atoms with van der Waals surface area (Å²) in [5, 5.41) is 0. The van der Waals surface area contributed by atoms with Crippen LogP contribution in [0.25, 0.3) is 0 Å². The number of methoxy groups -OCH3 is 1. The van der Waals surface area contributed by atoms with Crippen LogP contribution in [0, 0.1) is 5.92 Å². The summed E-state index contributed by atoms with van der Waals surface area (Å²) in [6.07, 6.45) is 0.354. The number of carbonyl (C=O) groups is 2. The zero-order chi connectivity index (χ0) is 18.2. The Morgan fingerprint density at radius 2 is 1.80 bits per heavy atom. The van der Waals surface area contributed by atoms with E-state index in [0.717, 1.165) is 18.7 Å². The SMILES string of the molecule is COC(=O)[C@H]1[C@H]2C[C@H](CN(c3ccccc3)C2)N1C(=O)OC(C)(C)C. The van der Waals surface area contributed by atoms with Crippen molar-refractivity contribution in [1.82, 2.24) is 4.90 Å². The van der Waals surface area contributed by atoms with E-state index in [1.54, 1.807) is 4.90 Å². The number of amides is 1. The Bertz CT molecular complexity index is 641. The van der Waals surface area contributed by atoms with Crippen LogP contribution >= 0.6 is 0 Å². The molecule has 2 aliphatic heterocycles. The second kappa shape index (κ2) is 6.58. The average Bonchev–Trinajstić information content (AvgIpc) is 2.83. The molecule has 2 saturated heterocycles. The second-order valence-corrected chi connectivity index (χ2v) is 7.75. The molecule has 0 aromatic heterocycles. The third kappa shape index (κ3) is 3.57. The summed E-state index contributed by atoms with van der Waals surface area (Å²) in [6, 6.07) is 9.43. The number of para-hydroxylation sites is 1. The van der Waals surface area contributed by atoms with Gasteiger partial charge in [0.1, 0.15) is 11.6 Å². The minimum absolute atomic E-state index is 0.0407. The lowest BCUT2D eigenvalue weighted by Crippen LogP contribution is -2.49. The van der Waals surface area contributed by atoms with Crippen molar-refractivity contribution in [2.24, 2.45) is 5.92 Å². The Morgan fingerprint density at radius 1 is 1.12 bits per heavy atom. The zero-order valence-corrected chi connectivity index (χ0v) is 15.3. The topological polar surface area (TPSA) is 59.1 Å². The van der Waals surface area contributed by atoms with Crippen LogP contribution in [0.15, 0.2) is 30.3 Å². The van der Waals surface area contributed by atoms with Gasteiger partial charge in [0.15, 0.2) is 0 Å². The van der Waals surface area contributed by atoms with E-state index in [0.29, 0.717) is 6.54 Å². The summed E-state index contributed by atoms with van der Waals surface area (Å²) >= 11 is 0. The first kappa shape index (κ1) is 17.6. The number of fused-ring (bicyclic) bond motifs is 2. The monoisotopic (exact) mass is 346 g/mol. The Morgan fingerprint density at radius 3 is 2.40 bits per heavy atom. The van der Waals surface area contributed by atoms with Crippen LogP contribution < -0.4 is 4.90 Å². The Balaban J connectivity index is 1.87. The molecule has 0 saturated carbocycles. The summed E-state index contributed by atoms with van der Waals surface area (Å²) in [4.78, 5) is 29.0. The largest absolute Gasteiger partial charge is 0.467 e. The van der Waals surface area contributed by atoms with Gasteiger partial charge in [0.05, 0.1) is 13.2 Å². The van der Waals surface area contributed by atoms with Crippen LogP contribution in [0.1, 0.15) is 27.2 Å². The lowest BCUT2D eigenvalue weighted by atomic mass is 9.94. The van der Waals surface area contributed by atoms with Crippen LogP contribution in [-0.2, 0) is 14.3 Å².